The van der Waals surface area contributed by atoms with E-state index in [0.29, 0.717) is 17.8 Å². The first-order chi connectivity index (χ1) is 6.56. The number of hydrogen-bond acceptors (Lipinski definition) is 3. The van der Waals surface area contributed by atoms with Crippen LogP contribution in [0.2, 0.25) is 0 Å². The smallest absolute Gasteiger partial charge is 0.122 e. The zero-order valence-corrected chi connectivity index (χ0v) is 9.32. The van der Waals surface area contributed by atoms with Crippen LogP contribution in [0.25, 0.3) is 0 Å². The Morgan fingerprint density at radius 1 is 1.43 bits per heavy atom. The third kappa shape index (κ3) is 2.67. The molecule has 0 aromatic heterocycles. The highest BCUT2D eigenvalue weighted by Crippen LogP contribution is 2.31. The molecule has 4 atom stereocenters. The summed E-state index contributed by atoms with van der Waals surface area (Å²) >= 11 is 0. The summed E-state index contributed by atoms with van der Waals surface area (Å²) in [4.78, 5) is 4.38. The summed E-state index contributed by atoms with van der Waals surface area (Å²) in [6.07, 6.45) is 3.27. The minimum Gasteiger partial charge on any atom is -0.598 e. The number of nitrogens with one attached hydrogen (secondary N) is 1. The zero-order chi connectivity index (χ0) is 10.7. The Morgan fingerprint density at radius 2 is 2.07 bits per heavy atom. The van der Waals surface area contributed by atoms with E-state index in [-0.39, 0.29) is 11.3 Å². The highest BCUT2D eigenvalue weighted by Gasteiger charge is 2.35. The van der Waals surface area contributed by atoms with Gasteiger partial charge in [-0.25, -0.2) is 5.23 Å². The maximum Gasteiger partial charge on any atom is 0.122 e. The molecule has 0 spiro atoms. The largest absolute Gasteiger partial charge is 0.598 e. The molecule has 14 heavy (non-hydrogen) atoms. The van der Waals surface area contributed by atoms with Crippen molar-refractivity contribution in [2.45, 2.75) is 46.1 Å². The molecule has 84 valence electrons. The van der Waals surface area contributed by atoms with Crippen LogP contribution < -0.4 is 11.1 Å². The summed E-state index contributed by atoms with van der Waals surface area (Å²) in [5, 5.41) is 11.3. The van der Waals surface area contributed by atoms with E-state index in [4.69, 9.17) is 5.90 Å². The number of quaternary nitrogens is 1. The van der Waals surface area contributed by atoms with E-state index in [1.165, 1.54) is 6.42 Å². The van der Waals surface area contributed by atoms with E-state index in [2.05, 4.69) is 25.7 Å². The fourth-order valence-corrected chi connectivity index (χ4v) is 2.56. The first-order valence-corrected chi connectivity index (χ1v) is 5.46. The van der Waals surface area contributed by atoms with Gasteiger partial charge in [0, 0.05) is 12.3 Å². The van der Waals surface area contributed by atoms with Gasteiger partial charge >= 0.3 is 0 Å². The maximum absolute atomic E-state index is 11.5. The van der Waals surface area contributed by atoms with Gasteiger partial charge < -0.3 is 5.21 Å². The van der Waals surface area contributed by atoms with Crippen molar-refractivity contribution in [2.24, 2.45) is 23.7 Å². The lowest BCUT2D eigenvalue weighted by Crippen LogP contribution is -3.12. The number of hydrogen-bond donors (Lipinski definition) is 2. The monoisotopic (exact) mass is 202 g/mol. The molecule has 1 aliphatic carbocycles. The number of hydroxylamine groups is 2. The summed E-state index contributed by atoms with van der Waals surface area (Å²) in [5.74, 6) is 6.56. The van der Waals surface area contributed by atoms with E-state index in [1.807, 2.05) is 0 Å². The van der Waals surface area contributed by atoms with Gasteiger partial charge in [0.05, 0.1) is 0 Å². The molecular formula is C10H22N2O2. The van der Waals surface area contributed by atoms with Crippen LogP contribution in [0.1, 0.15) is 40.0 Å². The molecule has 0 aromatic carbocycles. The van der Waals surface area contributed by atoms with Gasteiger partial charge in [-0.1, -0.05) is 20.8 Å². The molecule has 1 saturated carbocycles. The molecule has 0 heterocycles. The Bertz CT molecular complexity index is 176. The van der Waals surface area contributed by atoms with Crippen LogP contribution in [0.3, 0.4) is 0 Å². The highest BCUT2D eigenvalue weighted by molar-refractivity contribution is 4.79. The van der Waals surface area contributed by atoms with Crippen LogP contribution in [-0.4, -0.2) is 6.04 Å². The second-order valence-corrected chi connectivity index (χ2v) is 4.87. The van der Waals surface area contributed by atoms with Crippen molar-refractivity contribution in [1.29, 1.82) is 0 Å². The van der Waals surface area contributed by atoms with Crippen molar-refractivity contribution in [1.82, 2.24) is 0 Å². The summed E-state index contributed by atoms with van der Waals surface area (Å²) in [6.45, 7) is 6.52. The van der Waals surface area contributed by atoms with Crippen LogP contribution in [0.4, 0.5) is 0 Å². The fraction of sp³-hybridized carbons (Fsp3) is 1.00. The zero-order valence-electron chi connectivity index (χ0n) is 9.32. The Kier molecular flexibility index (Phi) is 4.31. The predicted molar refractivity (Wildman–Crippen MR) is 54.7 cm³/mol. The molecule has 0 bridgehead atoms. The molecule has 1 fully saturated rings. The molecule has 1 rings (SSSR count). The number of nitrogens with two attached hydrogens (primary N) is 1. The van der Waals surface area contributed by atoms with Gasteiger partial charge in [0.25, 0.3) is 0 Å². The van der Waals surface area contributed by atoms with E-state index in [1.54, 1.807) is 0 Å². The molecule has 3 N–H and O–H groups in total. The standard InChI is InChI=1S/C10H22N2O2/c1-7(2)9-5-4-8(3)6-10(9)12(13)14-11/h7-10,12H,4-6,11H2,1-3H3/t8-,9+,10-/m1/s1. The molecule has 4 heteroatoms. The van der Waals surface area contributed by atoms with E-state index in [9.17, 15) is 5.21 Å². The molecule has 0 amide bonds. The lowest BCUT2D eigenvalue weighted by atomic mass is 9.74. The lowest BCUT2D eigenvalue weighted by molar-refractivity contribution is -1.08. The van der Waals surface area contributed by atoms with E-state index >= 15 is 0 Å². The molecule has 0 saturated heterocycles. The van der Waals surface area contributed by atoms with Crippen LogP contribution in [0, 0.1) is 23.0 Å². The summed E-state index contributed by atoms with van der Waals surface area (Å²) in [5.41, 5.74) is 0. The van der Waals surface area contributed by atoms with Gasteiger partial charge in [-0.05, 0) is 24.7 Å². The summed E-state index contributed by atoms with van der Waals surface area (Å²) < 4.78 is 0. The minimum atomic E-state index is -0.227. The van der Waals surface area contributed by atoms with Gasteiger partial charge in [0.1, 0.15) is 6.04 Å². The average molecular weight is 202 g/mol. The molecular weight excluding hydrogens is 180 g/mol. The van der Waals surface area contributed by atoms with Gasteiger partial charge in [-0.3, -0.25) is 0 Å². The van der Waals surface area contributed by atoms with Crippen molar-refractivity contribution in [3.63, 3.8) is 0 Å². The fourth-order valence-electron chi connectivity index (χ4n) is 2.56. The highest BCUT2D eigenvalue weighted by atomic mass is 16.9. The SMILES string of the molecule is CC(C)[C@@H]1CC[C@@H](C)C[C@H]1[NH+]([O-])ON. The topological polar surface area (TPSA) is 62.8 Å². The molecule has 4 nitrogen and oxygen atoms in total. The average Bonchev–Trinajstić information content (AvgIpc) is 2.16. The van der Waals surface area contributed by atoms with Crippen LogP contribution in [0.15, 0.2) is 0 Å². The van der Waals surface area contributed by atoms with Crippen molar-refractivity contribution >= 4 is 0 Å². The lowest BCUT2D eigenvalue weighted by Gasteiger charge is -2.40. The minimum absolute atomic E-state index is 0.0174. The van der Waals surface area contributed by atoms with Crippen molar-refractivity contribution in [3.05, 3.63) is 5.21 Å². The summed E-state index contributed by atoms with van der Waals surface area (Å²) in [7, 11) is 0. The molecule has 1 unspecified atom stereocenters. The molecule has 0 aromatic rings. The van der Waals surface area contributed by atoms with Crippen molar-refractivity contribution in [3.8, 4) is 0 Å². The second-order valence-electron chi connectivity index (χ2n) is 4.87. The maximum atomic E-state index is 11.5. The van der Waals surface area contributed by atoms with Crippen LogP contribution in [0.5, 0.6) is 0 Å². The van der Waals surface area contributed by atoms with Gasteiger partial charge in [-0.2, -0.15) is 5.90 Å². The quantitative estimate of drug-likeness (QED) is 0.660. The van der Waals surface area contributed by atoms with Gasteiger partial charge in [0.15, 0.2) is 0 Å². The Labute approximate surface area is 85.9 Å². The molecule has 1 aliphatic rings. The van der Waals surface area contributed by atoms with E-state index in [0.717, 1.165) is 12.8 Å². The van der Waals surface area contributed by atoms with Crippen LogP contribution in [-0.2, 0) is 4.94 Å². The van der Waals surface area contributed by atoms with Crippen LogP contribution >= 0.6 is 0 Å². The van der Waals surface area contributed by atoms with Crippen molar-refractivity contribution in [2.75, 3.05) is 0 Å². The van der Waals surface area contributed by atoms with Gasteiger partial charge in [0.2, 0.25) is 0 Å². The first kappa shape index (κ1) is 11.9. The third-order valence-corrected chi connectivity index (χ3v) is 3.44. The van der Waals surface area contributed by atoms with Gasteiger partial charge in [-0.15, -0.1) is 4.94 Å². The predicted octanol–water partition coefficient (Wildman–Crippen LogP) is 0.635. The Hall–Kier alpha value is -0.160. The van der Waals surface area contributed by atoms with Crippen molar-refractivity contribution < 1.29 is 10.2 Å². The van der Waals surface area contributed by atoms with E-state index < -0.39 is 0 Å². The normalized spacial score (nSPS) is 36.0. The summed E-state index contributed by atoms with van der Waals surface area (Å²) in [6, 6.07) is 0.0174. The Balaban J connectivity index is 2.63. The molecule has 0 aliphatic heterocycles. The third-order valence-electron chi connectivity index (χ3n) is 3.44. The second kappa shape index (κ2) is 5.07. The number of rotatable bonds is 3. The Morgan fingerprint density at radius 3 is 2.57 bits per heavy atom. The molecule has 0 radical (unpaired) electrons. The first-order valence-electron chi connectivity index (χ1n) is 5.46.